The van der Waals surface area contributed by atoms with Crippen LogP contribution in [0, 0.1) is 0 Å². The van der Waals surface area contributed by atoms with Gasteiger partial charge in [-0.15, -0.1) is 0 Å². The van der Waals surface area contributed by atoms with Crippen molar-refractivity contribution in [3.8, 4) is 5.75 Å². The van der Waals surface area contributed by atoms with Crippen molar-refractivity contribution < 1.29 is 9.53 Å². The summed E-state index contributed by atoms with van der Waals surface area (Å²) in [5.74, 6) is 0.966. The van der Waals surface area contributed by atoms with Crippen LogP contribution in [0.3, 0.4) is 0 Å². The van der Waals surface area contributed by atoms with E-state index in [1.54, 1.807) is 23.6 Å². The highest BCUT2D eigenvalue weighted by molar-refractivity contribution is 5.86. The fraction of sp³-hybridized carbons (Fsp3) is 0.385. The highest BCUT2D eigenvalue weighted by Crippen LogP contribution is 2.26. The summed E-state index contributed by atoms with van der Waals surface area (Å²) in [7, 11) is 3.35. The van der Waals surface area contributed by atoms with Gasteiger partial charge in [0.15, 0.2) is 0 Å². The van der Waals surface area contributed by atoms with Crippen molar-refractivity contribution in [2.24, 2.45) is 0 Å². The number of fused-ring (bicyclic) bond motifs is 1. The minimum Gasteiger partial charge on any atom is -0.494 e. The molecule has 0 atom stereocenters. The molecule has 102 valence electrons. The third kappa shape index (κ3) is 2.33. The number of para-hydroxylation sites is 1. The van der Waals surface area contributed by atoms with Crippen LogP contribution in [0.2, 0.25) is 0 Å². The van der Waals surface area contributed by atoms with Crippen molar-refractivity contribution in [1.82, 2.24) is 14.5 Å². The number of rotatable bonds is 4. The van der Waals surface area contributed by atoms with Crippen molar-refractivity contribution in [2.75, 3.05) is 26.4 Å². The quantitative estimate of drug-likeness (QED) is 0.895. The molecule has 2 aromatic rings. The van der Waals surface area contributed by atoms with E-state index in [1.807, 2.05) is 25.1 Å². The molecule has 0 bridgehead atoms. The third-order valence-electron chi connectivity index (χ3n) is 3.18. The van der Waals surface area contributed by atoms with Crippen molar-refractivity contribution in [3.05, 3.63) is 18.2 Å². The van der Waals surface area contributed by atoms with Gasteiger partial charge in [-0.05, 0) is 19.1 Å². The number of carbonyl (C=O) groups is 1. The van der Waals surface area contributed by atoms with Crippen LogP contribution >= 0.6 is 0 Å². The zero-order valence-electron chi connectivity index (χ0n) is 11.4. The molecule has 2 N–H and O–H groups in total. The number of ether oxygens (including phenoxy) is 1. The number of amides is 1. The molecule has 0 fully saturated rings. The van der Waals surface area contributed by atoms with Gasteiger partial charge in [0.2, 0.25) is 11.9 Å². The zero-order valence-corrected chi connectivity index (χ0v) is 11.4. The second-order valence-electron chi connectivity index (χ2n) is 4.29. The Kier molecular flexibility index (Phi) is 3.59. The molecule has 1 amide bonds. The van der Waals surface area contributed by atoms with Gasteiger partial charge in [-0.1, -0.05) is 6.07 Å². The van der Waals surface area contributed by atoms with Gasteiger partial charge in [0.05, 0.1) is 12.6 Å². The van der Waals surface area contributed by atoms with E-state index in [4.69, 9.17) is 10.5 Å². The van der Waals surface area contributed by atoms with Gasteiger partial charge in [0, 0.05) is 13.6 Å². The Labute approximate surface area is 111 Å². The topological polar surface area (TPSA) is 73.4 Å². The minimum absolute atomic E-state index is 0.00341. The van der Waals surface area contributed by atoms with E-state index in [-0.39, 0.29) is 12.5 Å². The van der Waals surface area contributed by atoms with E-state index in [9.17, 15) is 4.79 Å². The van der Waals surface area contributed by atoms with Crippen molar-refractivity contribution >= 4 is 22.9 Å². The van der Waals surface area contributed by atoms with E-state index in [0.29, 0.717) is 23.8 Å². The second kappa shape index (κ2) is 5.17. The minimum atomic E-state index is -0.00341. The largest absolute Gasteiger partial charge is 0.494 e. The molecule has 2 rings (SSSR count). The Morgan fingerprint density at radius 2 is 2.26 bits per heavy atom. The number of likely N-dealkylation sites (N-methyl/N-ethyl adjacent to an activating group) is 1. The van der Waals surface area contributed by atoms with Crippen molar-refractivity contribution in [1.29, 1.82) is 0 Å². The SMILES string of the molecule is CCN(C)C(=O)Cn1c(N)nc2c(OC)cccc21. The lowest BCUT2D eigenvalue weighted by Crippen LogP contribution is -2.30. The summed E-state index contributed by atoms with van der Waals surface area (Å²) in [5.41, 5.74) is 7.37. The summed E-state index contributed by atoms with van der Waals surface area (Å²) < 4.78 is 6.94. The first-order chi connectivity index (χ1) is 9.08. The summed E-state index contributed by atoms with van der Waals surface area (Å²) >= 11 is 0. The Hall–Kier alpha value is -2.24. The molecule has 0 spiro atoms. The molecule has 1 aromatic heterocycles. The van der Waals surface area contributed by atoms with Crippen LogP contribution < -0.4 is 10.5 Å². The molecule has 0 saturated heterocycles. The maximum atomic E-state index is 12.0. The number of anilines is 1. The van der Waals surface area contributed by atoms with Crippen molar-refractivity contribution in [3.63, 3.8) is 0 Å². The number of nitrogen functional groups attached to an aromatic ring is 1. The van der Waals surface area contributed by atoms with Crippen LogP contribution in [0.25, 0.3) is 11.0 Å². The van der Waals surface area contributed by atoms with Gasteiger partial charge in [0.1, 0.15) is 17.8 Å². The lowest BCUT2D eigenvalue weighted by atomic mass is 10.3. The second-order valence-corrected chi connectivity index (χ2v) is 4.29. The number of imidazole rings is 1. The number of carbonyl (C=O) groups excluding carboxylic acids is 1. The molecule has 0 saturated carbocycles. The Morgan fingerprint density at radius 3 is 2.89 bits per heavy atom. The molecule has 0 radical (unpaired) electrons. The first-order valence-electron chi connectivity index (χ1n) is 6.11. The van der Waals surface area contributed by atoms with E-state index in [2.05, 4.69) is 4.98 Å². The Bertz CT molecular complexity index is 606. The standard InChI is InChI=1S/C13H18N4O2/c1-4-16(2)11(18)8-17-9-6-5-7-10(19-3)12(9)15-13(17)14/h5-7H,4,8H2,1-3H3,(H2,14,15). The lowest BCUT2D eigenvalue weighted by Gasteiger charge is -2.15. The highest BCUT2D eigenvalue weighted by atomic mass is 16.5. The fourth-order valence-electron chi connectivity index (χ4n) is 1.90. The smallest absolute Gasteiger partial charge is 0.242 e. The molecule has 0 aliphatic carbocycles. The van der Waals surface area contributed by atoms with Crippen LogP contribution in [0.4, 0.5) is 5.95 Å². The summed E-state index contributed by atoms with van der Waals surface area (Å²) in [6.45, 7) is 2.77. The molecular formula is C13H18N4O2. The molecule has 1 aromatic carbocycles. The van der Waals surface area contributed by atoms with Gasteiger partial charge < -0.3 is 19.9 Å². The zero-order chi connectivity index (χ0) is 14.0. The predicted octanol–water partition coefficient (Wildman–Crippen LogP) is 1.11. The third-order valence-corrected chi connectivity index (χ3v) is 3.18. The maximum absolute atomic E-state index is 12.0. The number of nitrogens with zero attached hydrogens (tertiary/aromatic N) is 3. The van der Waals surface area contributed by atoms with E-state index in [0.717, 1.165) is 5.52 Å². The lowest BCUT2D eigenvalue weighted by molar-refractivity contribution is -0.130. The highest BCUT2D eigenvalue weighted by Gasteiger charge is 2.15. The van der Waals surface area contributed by atoms with Gasteiger partial charge in [-0.2, -0.15) is 0 Å². The molecule has 0 aliphatic rings. The van der Waals surface area contributed by atoms with Crippen LogP contribution in [0.5, 0.6) is 5.75 Å². The molecule has 0 aliphatic heterocycles. The summed E-state index contributed by atoms with van der Waals surface area (Å²) in [4.78, 5) is 17.9. The van der Waals surface area contributed by atoms with E-state index in [1.165, 1.54) is 0 Å². The van der Waals surface area contributed by atoms with Gasteiger partial charge in [-0.3, -0.25) is 4.79 Å². The predicted molar refractivity (Wildman–Crippen MR) is 74.0 cm³/mol. The Morgan fingerprint density at radius 1 is 1.53 bits per heavy atom. The number of hydrogen-bond acceptors (Lipinski definition) is 4. The summed E-state index contributed by atoms with van der Waals surface area (Å²) in [6.07, 6.45) is 0. The van der Waals surface area contributed by atoms with Gasteiger partial charge in [-0.25, -0.2) is 4.98 Å². The van der Waals surface area contributed by atoms with Gasteiger partial charge >= 0.3 is 0 Å². The number of aromatic nitrogens is 2. The molecular weight excluding hydrogens is 244 g/mol. The van der Waals surface area contributed by atoms with Crippen LogP contribution in [0.1, 0.15) is 6.92 Å². The van der Waals surface area contributed by atoms with Crippen LogP contribution in [-0.2, 0) is 11.3 Å². The number of benzene rings is 1. The molecule has 19 heavy (non-hydrogen) atoms. The molecule has 1 heterocycles. The van der Waals surface area contributed by atoms with Crippen LogP contribution in [0.15, 0.2) is 18.2 Å². The first kappa shape index (κ1) is 13.2. The number of methoxy groups -OCH3 is 1. The Balaban J connectivity index is 2.44. The number of nitrogens with two attached hydrogens (primary N) is 1. The molecule has 6 heteroatoms. The van der Waals surface area contributed by atoms with E-state index >= 15 is 0 Å². The average molecular weight is 262 g/mol. The summed E-state index contributed by atoms with van der Waals surface area (Å²) in [5, 5.41) is 0. The van der Waals surface area contributed by atoms with Crippen molar-refractivity contribution in [2.45, 2.75) is 13.5 Å². The monoisotopic (exact) mass is 262 g/mol. The van der Waals surface area contributed by atoms with Crippen LogP contribution in [-0.4, -0.2) is 41.1 Å². The molecule has 0 unspecified atom stereocenters. The summed E-state index contributed by atoms with van der Waals surface area (Å²) in [6, 6.07) is 5.55. The fourth-order valence-corrected chi connectivity index (χ4v) is 1.90. The molecule has 6 nitrogen and oxygen atoms in total. The number of hydrogen-bond donors (Lipinski definition) is 1. The normalized spacial score (nSPS) is 10.7. The maximum Gasteiger partial charge on any atom is 0.242 e. The van der Waals surface area contributed by atoms with E-state index < -0.39 is 0 Å². The first-order valence-corrected chi connectivity index (χ1v) is 6.11. The van der Waals surface area contributed by atoms with Gasteiger partial charge in [0.25, 0.3) is 0 Å². The average Bonchev–Trinajstić information content (AvgIpc) is 2.74.